The van der Waals surface area contributed by atoms with Crippen LogP contribution in [0.4, 0.5) is 5.95 Å². The minimum Gasteiger partial charge on any atom is -0.478 e. The fraction of sp³-hybridized carbons (Fsp3) is 0.400. The van der Waals surface area contributed by atoms with Crippen LogP contribution in [0.5, 0.6) is 0 Å². The summed E-state index contributed by atoms with van der Waals surface area (Å²) in [5, 5.41) is 11.8. The van der Waals surface area contributed by atoms with Crippen molar-refractivity contribution >= 4 is 17.8 Å². The molecule has 1 aromatic carbocycles. The molecule has 1 atom stereocenters. The van der Waals surface area contributed by atoms with Crippen molar-refractivity contribution in [2.24, 2.45) is 0 Å². The van der Waals surface area contributed by atoms with Gasteiger partial charge in [-0.3, -0.25) is 4.79 Å². The lowest BCUT2D eigenvalue weighted by atomic mass is 9.88. The van der Waals surface area contributed by atoms with Gasteiger partial charge < -0.3 is 15.3 Å². The van der Waals surface area contributed by atoms with E-state index in [4.69, 9.17) is 5.11 Å². The predicted molar refractivity (Wildman–Crippen MR) is 102 cm³/mol. The van der Waals surface area contributed by atoms with E-state index in [2.05, 4.69) is 44.5 Å². The van der Waals surface area contributed by atoms with E-state index < -0.39 is 5.97 Å². The van der Waals surface area contributed by atoms with Gasteiger partial charge in [0.1, 0.15) is 0 Å². The van der Waals surface area contributed by atoms with E-state index in [-0.39, 0.29) is 17.5 Å². The van der Waals surface area contributed by atoms with Crippen LogP contribution in [0.2, 0.25) is 0 Å². The number of nitrogens with one attached hydrogen (secondary N) is 1. The second-order valence-electron chi connectivity index (χ2n) is 6.93. The zero-order valence-electron chi connectivity index (χ0n) is 15.6. The van der Waals surface area contributed by atoms with E-state index >= 15 is 0 Å². The molecule has 0 spiro atoms. The molecule has 7 heteroatoms. The maximum Gasteiger partial charge on any atom is 0.338 e. The van der Waals surface area contributed by atoms with E-state index in [1.54, 1.807) is 0 Å². The van der Waals surface area contributed by atoms with Crippen molar-refractivity contribution in [1.82, 2.24) is 15.3 Å². The Bertz CT molecular complexity index is 797. The van der Waals surface area contributed by atoms with E-state index in [1.807, 2.05) is 6.92 Å². The maximum atomic E-state index is 11.2. The molecule has 1 saturated heterocycles. The average molecular weight is 368 g/mol. The van der Waals surface area contributed by atoms with Crippen molar-refractivity contribution in [2.45, 2.75) is 38.6 Å². The molecule has 1 aliphatic rings. The third kappa shape index (κ3) is 4.61. The Hall–Kier alpha value is -2.96. The number of nitrogens with zero attached hydrogens (tertiary/aromatic N) is 3. The minimum atomic E-state index is -1.02. The first-order chi connectivity index (χ1) is 12.9. The molecule has 3 rings (SSSR count). The number of carboxylic acid groups (broad SMARTS) is 1. The fourth-order valence-electron chi connectivity index (χ4n) is 3.45. The third-order valence-corrected chi connectivity index (χ3v) is 4.99. The molecule has 1 aliphatic heterocycles. The molecule has 0 unspecified atom stereocenters. The van der Waals surface area contributed by atoms with Gasteiger partial charge in [-0.1, -0.05) is 24.3 Å². The van der Waals surface area contributed by atoms with Crippen LogP contribution in [0.3, 0.4) is 0 Å². The van der Waals surface area contributed by atoms with E-state index in [9.17, 15) is 9.59 Å². The number of aromatic nitrogens is 2. The molecule has 0 radical (unpaired) electrons. The first-order valence-corrected chi connectivity index (χ1v) is 9.11. The van der Waals surface area contributed by atoms with Crippen LogP contribution in [-0.2, 0) is 4.79 Å². The van der Waals surface area contributed by atoms with Crippen LogP contribution in [0.25, 0.3) is 0 Å². The molecule has 0 aliphatic carbocycles. The largest absolute Gasteiger partial charge is 0.478 e. The summed E-state index contributed by atoms with van der Waals surface area (Å²) in [6, 6.07) is 8.45. The van der Waals surface area contributed by atoms with Gasteiger partial charge in [0.2, 0.25) is 11.9 Å². The molecule has 1 amide bonds. The van der Waals surface area contributed by atoms with Gasteiger partial charge in [-0.05, 0) is 36.8 Å². The highest BCUT2D eigenvalue weighted by molar-refractivity contribution is 5.86. The molecule has 142 valence electrons. The summed E-state index contributed by atoms with van der Waals surface area (Å²) in [5.41, 5.74) is 2.50. The van der Waals surface area contributed by atoms with Crippen LogP contribution in [0.15, 0.2) is 36.7 Å². The van der Waals surface area contributed by atoms with Crippen LogP contribution < -0.4 is 10.2 Å². The van der Waals surface area contributed by atoms with Crippen molar-refractivity contribution in [2.75, 3.05) is 18.0 Å². The normalized spacial score (nSPS) is 16.0. The molecule has 7 nitrogen and oxygen atoms in total. The van der Waals surface area contributed by atoms with Crippen molar-refractivity contribution < 1.29 is 14.7 Å². The van der Waals surface area contributed by atoms with Crippen LogP contribution in [0.1, 0.15) is 60.1 Å². The van der Waals surface area contributed by atoms with E-state index in [0.717, 1.165) is 31.5 Å². The predicted octanol–water partition coefficient (Wildman–Crippen LogP) is 2.76. The molecule has 0 saturated carbocycles. The lowest BCUT2D eigenvalue weighted by Crippen LogP contribution is -2.34. The van der Waals surface area contributed by atoms with Crippen LogP contribution in [-0.4, -0.2) is 40.0 Å². The number of hydrogen-bond acceptors (Lipinski definition) is 5. The number of rotatable bonds is 5. The standard InChI is InChI=1S/C20H24N4O3/c1-13(23-14(2)25)15-3-5-16(6-4-15)17-7-9-24(10-8-17)20-21-11-18(12-22-20)19(26)27/h3-6,11-13,17H,7-10H2,1-2H3,(H,23,25)(H,26,27)/t13-/m0/s1. The average Bonchev–Trinajstić information content (AvgIpc) is 2.68. The van der Waals surface area contributed by atoms with Gasteiger partial charge in [-0.15, -0.1) is 0 Å². The highest BCUT2D eigenvalue weighted by Gasteiger charge is 2.22. The highest BCUT2D eigenvalue weighted by atomic mass is 16.4. The molecule has 1 fully saturated rings. The number of carbonyl (C=O) groups excluding carboxylic acids is 1. The summed E-state index contributed by atoms with van der Waals surface area (Å²) in [5.74, 6) is 0.0108. The Balaban J connectivity index is 1.58. The van der Waals surface area contributed by atoms with Gasteiger partial charge in [0, 0.05) is 32.4 Å². The summed E-state index contributed by atoms with van der Waals surface area (Å²) in [7, 11) is 0. The zero-order valence-corrected chi connectivity index (χ0v) is 15.6. The Morgan fingerprint density at radius 2 is 1.74 bits per heavy atom. The lowest BCUT2D eigenvalue weighted by molar-refractivity contribution is -0.119. The second kappa shape index (κ2) is 8.16. The number of amides is 1. The first-order valence-electron chi connectivity index (χ1n) is 9.11. The lowest BCUT2D eigenvalue weighted by Gasteiger charge is -2.32. The topological polar surface area (TPSA) is 95.4 Å². The van der Waals surface area contributed by atoms with Gasteiger partial charge >= 0.3 is 5.97 Å². The first kappa shape index (κ1) is 18.8. The number of carboxylic acids is 1. The van der Waals surface area contributed by atoms with Gasteiger partial charge in [-0.25, -0.2) is 14.8 Å². The third-order valence-electron chi connectivity index (χ3n) is 4.99. The van der Waals surface area contributed by atoms with Crippen molar-refractivity contribution in [3.05, 3.63) is 53.3 Å². The molecule has 2 heterocycles. The molecular weight excluding hydrogens is 344 g/mol. The van der Waals surface area contributed by atoms with Gasteiger partial charge in [0.15, 0.2) is 0 Å². The number of carbonyl (C=O) groups is 2. The van der Waals surface area contributed by atoms with Gasteiger partial charge in [0.05, 0.1) is 11.6 Å². The number of anilines is 1. The maximum absolute atomic E-state index is 11.2. The minimum absolute atomic E-state index is 0.00400. The van der Waals surface area contributed by atoms with E-state index in [0.29, 0.717) is 11.9 Å². The van der Waals surface area contributed by atoms with Crippen molar-refractivity contribution in [3.8, 4) is 0 Å². The Morgan fingerprint density at radius 3 is 2.26 bits per heavy atom. The summed E-state index contributed by atoms with van der Waals surface area (Å²) < 4.78 is 0. The van der Waals surface area contributed by atoms with E-state index in [1.165, 1.54) is 24.9 Å². The summed E-state index contributed by atoms with van der Waals surface area (Å²) in [6.45, 7) is 5.17. The van der Waals surface area contributed by atoms with Crippen molar-refractivity contribution in [3.63, 3.8) is 0 Å². The smallest absolute Gasteiger partial charge is 0.338 e. The highest BCUT2D eigenvalue weighted by Crippen LogP contribution is 2.30. The summed E-state index contributed by atoms with van der Waals surface area (Å²) in [4.78, 5) is 32.5. The van der Waals surface area contributed by atoms with Gasteiger partial charge in [-0.2, -0.15) is 0 Å². The fourth-order valence-corrected chi connectivity index (χ4v) is 3.45. The van der Waals surface area contributed by atoms with Crippen LogP contribution in [0, 0.1) is 0 Å². The zero-order chi connectivity index (χ0) is 19.4. The SMILES string of the molecule is CC(=O)N[C@@H](C)c1ccc(C2CCN(c3ncc(C(=O)O)cn3)CC2)cc1. The summed E-state index contributed by atoms with van der Waals surface area (Å²) >= 11 is 0. The number of piperidine rings is 1. The second-order valence-corrected chi connectivity index (χ2v) is 6.93. The Kier molecular flexibility index (Phi) is 5.69. The molecule has 2 N–H and O–H groups in total. The number of aromatic carboxylic acids is 1. The Labute approximate surface area is 158 Å². The Morgan fingerprint density at radius 1 is 1.15 bits per heavy atom. The summed E-state index contributed by atoms with van der Waals surface area (Å²) in [6.07, 6.45) is 4.69. The molecule has 1 aromatic heterocycles. The quantitative estimate of drug-likeness (QED) is 0.843. The monoisotopic (exact) mass is 368 g/mol. The molecule has 2 aromatic rings. The number of benzene rings is 1. The molecule has 27 heavy (non-hydrogen) atoms. The van der Waals surface area contributed by atoms with Gasteiger partial charge in [0.25, 0.3) is 0 Å². The van der Waals surface area contributed by atoms with Crippen molar-refractivity contribution in [1.29, 1.82) is 0 Å². The molecule has 0 bridgehead atoms. The van der Waals surface area contributed by atoms with Crippen LogP contribution >= 0.6 is 0 Å². The molecular formula is C20H24N4O3. The number of hydrogen-bond donors (Lipinski definition) is 2.